The van der Waals surface area contributed by atoms with E-state index in [-0.39, 0.29) is 29.1 Å². The Morgan fingerprint density at radius 1 is 1.16 bits per heavy atom. The summed E-state index contributed by atoms with van der Waals surface area (Å²) in [4.78, 5) is 28.0. The standard InChI is InChI=1S/C18H15Cl2FN2O2/c19-12-3-8-15(16(20)10-12)18(25)23(11-22-9-1-2-17(22)24)14-6-4-13(21)5-7-14/h3-8,10H,1-2,9,11H2. The number of likely N-dealkylation sites (tertiary alicyclic amines) is 1. The summed E-state index contributed by atoms with van der Waals surface area (Å²) in [5.41, 5.74) is 0.749. The number of carbonyl (C=O) groups is 2. The zero-order valence-corrected chi connectivity index (χ0v) is 14.7. The van der Waals surface area contributed by atoms with Crippen LogP contribution in [0.3, 0.4) is 0 Å². The summed E-state index contributed by atoms with van der Waals surface area (Å²) in [6.07, 6.45) is 1.22. The SMILES string of the molecule is O=C1CCCN1CN(C(=O)c1ccc(Cl)cc1Cl)c1ccc(F)cc1. The quantitative estimate of drug-likeness (QED) is 0.790. The van der Waals surface area contributed by atoms with Gasteiger partial charge >= 0.3 is 0 Å². The van der Waals surface area contributed by atoms with Gasteiger partial charge in [0.1, 0.15) is 12.5 Å². The zero-order chi connectivity index (χ0) is 18.0. The number of hydrogen-bond acceptors (Lipinski definition) is 2. The summed E-state index contributed by atoms with van der Waals surface area (Å²) in [5, 5.41) is 0.641. The van der Waals surface area contributed by atoms with Gasteiger partial charge in [0, 0.05) is 23.7 Å². The van der Waals surface area contributed by atoms with Crippen LogP contribution in [0.25, 0.3) is 0 Å². The molecule has 0 radical (unpaired) electrons. The molecular formula is C18H15Cl2FN2O2. The maximum atomic E-state index is 13.2. The van der Waals surface area contributed by atoms with Gasteiger partial charge in [-0.25, -0.2) is 4.39 Å². The largest absolute Gasteiger partial charge is 0.324 e. The summed E-state index contributed by atoms with van der Waals surface area (Å²) in [5.74, 6) is -0.798. The highest BCUT2D eigenvalue weighted by Crippen LogP contribution is 2.26. The van der Waals surface area contributed by atoms with Crippen LogP contribution in [-0.4, -0.2) is 29.9 Å². The fourth-order valence-corrected chi connectivity index (χ4v) is 3.21. The Balaban J connectivity index is 1.95. The van der Waals surface area contributed by atoms with Crippen LogP contribution in [0.4, 0.5) is 10.1 Å². The average Bonchev–Trinajstić information content (AvgIpc) is 2.98. The second-order valence-corrected chi connectivity index (χ2v) is 6.58. The van der Waals surface area contributed by atoms with Crippen molar-refractivity contribution in [3.8, 4) is 0 Å². The molecule has 3 rings (SSSR count). The van der Waals surface area contributed by atoms with Gasteiger partial charge in [0.2, 0.25) is 5.91 Å². The van der Waals surface area contributed by atoms with E-state index in [4.69, 9.17) is 23.2 Å². The molecule has 0 spiro atoms. The topological polar surface area (TPSA) is 40.6 Å². The van der Waals surface area contributed by atoms with Gasteiger partial charge in [0.05, 0.1) is 10.6 Å². The first-order valence-corrected chi connectivity index (χ1v) is 8.51. The Hall–Kier alpha value is -2.11. The van der Waals surface area contributed by atoms with E-state index in [1.807, 2.05) is 0 Å². The van der Waals surface area contributed by atoms with E-state index in [9.17, 15) is 14.0 Å². The molecule has 0 atom stereocenters. The van der Waals surface area contributed by atoms with Crippen molar-refractivity contribution in [2.24, 2.45) is 0 Å². The molecule has 0 unspecified atom stereocenters. The maximum absolute atomic E-state index is 13.2. The molecule has 1 aliphatic heterocycles. The van der Waals surface area contributed by atoms with Crippen molar-refractivity contribution in [1.29, 1.82) is 0 Å². The molecule has 0 aliphatic carbocycles. The van der Waals surface area contributed by atoms with E-state index in [0.29, 0.717) is 23.7 Å². The van der Waals surface area contributed by atoms with Crippen LogP contribution in [-0.2, 0) is 4.79 Å². The highest BCUT2D eigenvalue weighted by molar-refractivity contribution is 6.37. The van der Waals surface area contributed by atoms with Crippen LogP contribution in [0.2, 0.25) is 10.0 Å². The molecule has 0 N–H and O–H groups in total. The summed E-state index contributed by atoms with van der Waals surface area (Å²) in [7, 11) is 0. The van der Waals surface area contributed by atoms with Crippen molar-refractivity contribution in [2.75, 3.05) is 18.1 Å². The summed E-state index contributed by atoms with van der Waals surface area (Å²) >= 11 is 12.0. The van der Waals surface area contributed by atoms with Crippen molar-refractivity contribution < 1.29 is 14.0 Å². The minimum Gasteiger partial charge on any atom is -0.324 e. The Morgan fingerprint density at radius 2 is 1.88 bits per heavy atom. The average molecular weight is 381 g/mol. The molecule has 7 heteroatoms. The lowest BCUT2D eigenvalue weighted by Crippen LogP contribution is -2.42. The molecule has 2 aromatic rings. The number of halogens is 3. The lowest BCUT2D eigenvalue weighted by atomic mass is 10.2. The van der Waals surface area contributed by atoms with Gasteiger partial charge in [-0.05, 0) is 48.9 Å². The van der Waals surface area contributed by atoms with Gasteiger partial charge < -0.3 is 4.90 Å². The number of carbonyl (C=O) groups excluding carboxylic acids is 2. The number of hydrogen-bond donors (Lipinski definition) is 0. The van der Waals surface area contributed by atoms with Gasteiger partial charge in [0.25, 0.3) is 5.91 Å². The number of nitrogens with zero attached hydrogens (tertiary/aromatic N) is 2. The maximum Gasteiger partial charge on any atom is 0.261 e. The fraction of sp³-hybridized carbons (Fsp3) is 0.222. The van der Waals surface area contributed by atoms with Crippen molar-refractivity contribution in [3.05, 3.63) is 63.9 Å². The molecule has 0 aromatic heterocycles. The van der Waals surface area contributed by atoms with Crippen LogP contribution in [0, 0.1) is 5.82 Å². The highest BCUT2D eigenvalue weighted by atomic mass is 35.5. The Morgan fingerprint density at radius 3 is 2.48 bits per heavy atom. The van der Waals surface area contributed by atoms with Crippen molar-refractivity contribution in [2.45, 2.75) is 12.8 Å². The van der Waals surface area contributed by atoms with E-state index in [2.05, 4.69) is 0 Å². The first-order chi connectivity index (χ1) is 12.0. The predicted octanol–water partition coefficient (Wildman–Crippen LogP) is 4.36. The summed E-state index contributed by atoms with van der Waals surface area (Å²) in [6, 6.07) is 10.1. The minimum atomic E-state index is -0.405. The van der Waals surface area contributed by atoms with E-state index in [0.717, 1.165) is 6.42 Å². The van der Waals surface area contributed by atoms with Gasteiger partial charge in [-0.1, -0.05) is 23.2 Å². The van der Waals surface area contributed by atoms with Crippen molar-refractivity contribution in [3.63, 3.8) is 0 Å². The second kappa shape index (κ2) is 7.42. The van der Waals surface area contributed by atoms with Crippen LogP contribution in [0.15, 0.2) is 42.5 Å². The van der Waals surface area contributed by atoms with E-state index >= 15 is 0 Å². The monoisotopic (exact) mass is 380 g/mol. The minimum absolute atomic E-state index is 0.0119. The van der Waals surface area contributed by atoms with E-state index < -0.39 is 5.82 Å². The molecule has 2 amide bonds. The number of amides is 2. The van der Waals surface area contributed by atoms with E-state index in [1.165, 1.54) is 41.3 Å². The molecule has 1 heterocycles. The predicted molar refractivity (Wildman–Crippen MR) is 95.5 cm³/mol. The van der Waals surface area contributed by atoms with Gasteiger partial charge in [-0.3, -0.25) is 14.5 Å². The van der Waals surface area contributed by atoms with Crippen LogP contribution >= 0.6 is 23.2 Å². The summed E-state index contributed by atoms with van der Waals surface area (Å²) < 4.78 is 13.2. The lowest BCUT2D eigenvalue weighted by Gasteiger charge is -2.28. The molecular weight excluding hydrogens is 366 g/mol. The van der Waals surface area contributed by atoms with Crippen LogP contribution < -0.4 is 4.90 Å². The van der Waals surface area contributed by atoms with Crippen LogP contribution in [0.5, 0.6) is 0 Å². The lowest BCUT2D eigenvalue weighted by molar-refractivity contribution is -0.127. The van der Waals surface area contributed by atoms with Gasteiger partial charge in [0.15, 0.2) is 0 Å². The fourth-order valence-electron chi connectivity index (χ4n) is 2.72. The molecule has 1 aliphatic rings. The number of anilines is 1. The molecule has 25 heavy (non-hydrogen) atoms. The second-order valence-electron chi connectivity index (χ2n) is 5.74. The molecule has 0 bridgehead atoms. The highest BCUT2D eigenvalue weighted by Gasteiger charge is 2.27. The third-order valence-corrected chi connectivity index (χ3v) is 4.58. The first kappa shape index (κ1) is 17.7. The number of rotatable bonds is 4. The molecule has 1 saturated heterocycles. The van der Waals surface area contributed by atoms with Crippen LogP contribution in [0.1, 0.15) is 23.2 Å². The van der Waals surface area contributed by atoms with Gasteiger partial charge in [-0.2, -0.15) is 0 Å². The van der Waals surface area contributed by atoms with Crippen molar-refractivity contribution >= 4 is 40.7 Å². The molecule has 130 valence electrons. The third kappa shape index (κ3) is 3.94. The summed E-state index contributed by atoms with van der Waals surface area (Å²) in [6.45, 7) is 0.667. The number of benzene rings is 2. The first-order valence-electron chi connectivity index (χ1n) is 7.76. The molecule has 0 saturated carbocycles. The normalized spacial score (nSPS) is 14.0. The Kier molecular flexibility index (Phi) is 5.25. The van der Waals surface area contributed by atoms with Crippen molar-refractivity contribution in [1.82, 2.24) is 4.90 Å². The third-order valence-electron chi connectivity index (χ3n) is 4.03. The van der Waals surface area contributed by atoms with Gasteiger partial charge in [-0.15, -0.1) is 0 Å². The molecule has 4 nitrogen and oxygen atoms in total. The Bertz CT molecular complexity index is 811. The Labute approximate surface area is 154 Å². The molecule has 1 fully saturated rings. The van der Waals surface area contributed by atoms with E-state index in [1.54, 1.807) is 11.0 Å². The zero-order valence-electron chi connectivity index (χ0n) is 13.2. The smallest absolute Gasteiger partial charge is 0.261 e. The molecule has 2 aromatic carbocycles.